The Morgan fingerprint density at radius 2 is 2.31 bits per heavy atom. The zero-order valence-electron chi connectivity index (χ0n) is 9.90. The van der Waals surface area contributed by atoms with Gasteiger partial charge >= 0.3 is 0 Å². The molecule has 1 heterocycles. The average Bonchev–Trinajstić information content (AvgIpc) is 2.16. The molecular formula is C11H18N4O. The van der Waals surface area contributed by atoms with Crippen LogP contribution in [0.5, 0.6) is 0 Å². The highest BCUT2D eigenvalue weighted by Gasteiger charge is 2.09. The van der Waals surface area contributed by atoms with Crippen molar-refractivity contribution in [2.45, 2.75) is 19.9 Å². The summed E-state index contributed by atoms with van der Waals surface area (Å²) in [5.74, 6) is 0.667. The van der Waals surface area contributed by atoms with Crippen LogP contribution in [0.25, 0.3) is 0 Å². The lowest BCUT2D eigenvalue weighted by atomic mass is 10.3. The molecule has 1 rings (SSSR count). The van der Waals surface area contributed by atoms with E-state index in [1.165, 1.54) is 0 Å². The number of nitrogens with one attached hydrogen (secondary N) is 1. The summed E-state index contributed by atoms with van der Waals surface area (Å²) in [7, 11) is 1.81. The highest BCUT2D eigenvalue weighted by atomic mass is 16.2. The van der Waals surface area contributed by atoms with Crippen LogP contribution in [0.1, 0.15) is 13.8 Å². The number of likely N-dealkylation sites (N-methyl/N-ethyl adjacent to an activating group) is 1. The molecule has 0 unspecified atom stereocenters. The third kappa shape index (κ3) is 3.76. The van der Waals surface area contributed by atoms with Crippen LogP contribution < -0.4 is 16.0 Å². The minimum atomic E-state index is -0.0262. The van der Waals surface area contributed by atoms with Crippen molar-refractivity contribution in [2.75, 3.05) is 24.2 Å². The molecule has 0 radical (unpaired) electrons. The van der Waals surface area contributed by atoms with Crippen molar-refractivity contribution in [3.05, 3.63) is 18.3 Å². The van der Waals surface area contributed by atoms with Gasteiger partial charge in [0.15, 0.2) is 0 Å². The summed E-state index contributed by atoms with van der Waals surface area (Å²) in [4.78, 5) is 17.4. The fourth-order valence-electron chi connectivity index (χ4n) is 1.31. The summed E-state index contributed by atoms with van der Waals surface area (Å²) >= 11 is 0. The van der Waals surface area contributed by atoms with Crippen molar-refractivity contribution < 1.29 is 4.79 Å². The molecule has 1 aromatic rings. The Bertz CT molecular complexity index is 365. The van der Waals surface area contributed by atoms with E-state index < -0.39 is 0 Å². The number of rotatable bonds is 4. The molecule has 1 amide bonds. The number of amides is 1. The van der Waals surface area contributed by atoms with Gasteiger partial charge in [0.25, 0.3) is 0 Å². The Morgan fingerprint density at radius 3 is 2.88 bits per heavy atom. The number of carbonyl (C=O) groups excluding carboxylic acids is 1. The van der Waals surface area contributed by atoms with Crippen molar-refractivity contribution in [1.82, 2.24) is 10.3 Å². The van der Waals surface area contributed by atoms with Crippen molar-refractivity contribution in [2.24, 2.45) is 0 Å². The van der Waals surface area contributed by atoms with Crippen LogP contribution in [-0.2, 0) is 4.79 Å². The van der Waals surface area contributed by atoms with E-state index in [-0.39, 0.29) is 18.5 Å². The maximum atomic E-state index is 11.5. The molecule has 3 N–H and O–H groups in total. The number of nitrogens with zero attached hydrogens (tertiary/aromatic N) is 2. The Hall–Kier alpha value is -1.78. The molecule has 0 aliphatic heterocycles. The molecule has 0 atom stereocenters. The number of hydrogen-bond acceptors (Lipinski definition) is 4. The average molecular weight is 222 g/mol. The Morgan fingerprint density at radius 1 is 1.62 bits per heavy atom. The molecule has 0 spiro atoms. The molecule has 0 saturated heterocycles. The van der Waals surface area contributed by atoms with E-state index in [4.69, 9.17) is 5.73 Å². The quantitative estimate of drug-likeness (QED) is 0.783. The second kappa shape index (κ2) is 5.34. The molecule has 0 aliphatic rings. The predicted molar refractivity (Wildman–Crippen MR) is 65.2 cm³/mol. The third-order valence-electron chi connectivity index (χ3n) is 1.99. The number of anilines is 2. The summed E-state index contributed by atoms with van der Waals surface area (Å²) in [6.07, 6.45) is 1.63. The van der Waals surface area contributed by atoms with E-state index in [1.54, 1.807) is 23.2 Å². The van der Waals surface area contributed by atoms with Crippen LogP contribution >= 0.6 is 0 Å². The number of pyridine rings is 1. The van der Waals surface area contributed by atoms with Gasteiger partial charge in [0, 0.05) is 31.0 Å². The lowest BCUT2D eigenvalue weighted by Gasteiger charge is -2.18. The number of hydrogen-bond donors (Lipinski definition) is 2. The summed E-state index contributed by atoms with van der Waals surface area (Å²) < 4.78 is 0. The van der Waals surface area contributed by atoms with Crippen LogP contribution in [0, 0.1) is 0 Å². The maximum Gasteiger partial charge on any atom is 0.239 e. The van der Waals surface area contributed by atoms with E-state index in [0.717, 1.165) is 0 Å². The molecule has 0 aliphatic carbocycles. The number of aromatic nitrogens is 1. The molecular weight excluding hydrogens is 204 g/mol. The zero-order valence-corrected chi connectivity index (χ0v) is 9.90. The Kier molecular flexibility index (Phi) is 4.10. The van der Waals surface area contributed by atoms with E-state index in [1.807, 2.05) is 20.9 Å². The minimum Gasteiger partial charge on any atom is -0.399 e. The van der Waals surface area contributed by atoms with Crippen LogP contribution in [-0.4, -0.2) is 30.5 Å². The molecule has 0 bridgehead atoms. The zero-order chi connectivity index (χ0) is 12.1. The predicted octanol–water partition coefficient (Wildman–Crippen LogP) is 0.625. The molecule has 0 fully saturated rings. The summed E-state index contributed by atoms with van der Waals surface area (Å²) in [5, 5.41) is 2.82. The summed E-state index contributed by atoms with van der Waals surface area (Å²) in [6, 6.07) is 3.60. The molecule has 0 saturated carbocycles. The van der Waals surface area contributed by atoms with Crippen molar-refractivity contribution in [3.8, 4) is 0 Å². The highest BCUT2D eigenvalue weighted by molar-refractivity contribution is 5.81. The van der Waals surface area contributed by atoms with Gasteiger partial charge < -0.3 is 16.0 Å². The van der Waals surface area contributed by atoms with Gasteiger partial charge in [-0.15, -0.1) is 0 Å². The second-order valence-electron chi connectivity index (χ2n) is 4.03. The fraction of sp³-hybridized carbons (Fsp3) is 0.455. The third-order valence-corrected chi connectivity index (χ3v) is 1.99. The van der Waals surface area contributed by atoms with E-state index in [2.05, 4.69) is 10.3 Å². The Labute approximate surface area is 95.7 Å². The molecule has 0 aromatic carbocycles. The molecule has 16 heavy (non-hydrogen) atoms. The monoisotopic (exact) mass is 222 g/mol. The van der Waals surface area contributed by atoms with Gasteiger partial charge in [-0.1, -0.05) is 0 Å². The van der Waals surface area contributed by atoms with E-state index in [0.29, 0.717) is 11.5 Å². The number of nitrogens with two attached hydrogens (primary N) is 1. The lowest BCUT2D eigenvalue weighted by molar-refractivity contribution is -0.120. The largest absolute Gasteiger partial charge is 0.399 e. The van der Waals surface area contributed by atoms with E-state index in [9.17, 15) is 4.79 Å². The molecule has 5 heteroatoms. The van der Waals surface area contributed by atoms with Crippen LogP contribution in [0.3, 0.4) is 0 Å². The normalized spacial score (nSPS) is 10.2. The highest BCUT2D eigenvalue weighted by Crippen LogP contribution is 2.11. The van der Waals surface area contributed by atoms with Crippen LogP contribution in [0.15, 0.2) is 18.3 Å². The second-order valence-corrected chi connectivity index (χ2v) is 4.03. The standard InChI is InChI=1S/C11H18N4O/c1-8(2)14-11(16)7-15(3)10-6-9(12)4-5-13-10/h4-6,8H,7H2,1-3H3,(H2,12,13)(H,14,16). The van der Waals surface area contributed by atoms with Gasteiger partial charge in [-0.05, 0) is 19.9 Å². The maximum absolute atomic E-state index is 11.5. The van der Waals surface area contributed by atoms with Crippen LogP contribution in [0.2, 0.25) is 0 Å². The van der Waals surface area contributed by atoms with Gasteiger partial charge in [-0.2, -0.15) is 0 Å². The number of carbonyl (C=O) groups is 1. The summed E-state index contributed by atoms with van der Waals surface area (Å²) in [6.45, 7) is 4.13. The van der Waals surface area contributed by atoms with Gasteiger partial charge in [0.1, 0.15) is 5.82 Å². The number of nitrogen functional groups attached to an aromatic ring is 1. The van der Waals surface area contributed by atoms with Gasteiger partial charge in [-0.25, -0.2) is 4.98 Å². The molecule has 5 nitrogen and oxygen atoms in total. The van der Waals surface area contributed by atoms with Gasteiger partial charge in [0.2, 0.25) is 5.91 Å². The molecule has 88 valence electrons. The topological polar surface area (TPSA) is 71.2 Å². The first-order valence-electron chi connectivity index (χ1n) is 5.21. The van der Waals surface area contributed by atoms with Crippen molar-refractivity contribution >= 4 is 17.4 Å². The summed E-state index contributed by atoms with van der Waals surface area (Å²) in [5.41, 5.74) is 6.28. The van der Waals surface area contributed by atoms with Crippen molar-refractivity contribution in [1.29, 1.82) is 0 Å². The first-order chi connectivity index (χ1) is 7.49. The smallest absolute Gasteiger partial charge is 0.239 e. The van der Waals surface area contributed by atoms with Crippen molar-refractivity contribution in [3.63, 3.8) is 0 Å². The van der Waals surface area contributed by atoms with Gasteiger partial charge in [-0.3, -0.25) is 4.79 Å². The fourth-order valence-corrected chi connectivity index (χ4v) is 1.31. The van der Waals surface area contributed by atoms with E-state index >= 15 is 0 Å². The van der Waals surface area contributed by atoms with Crippen LogP contribution in [0.4, 0.5) is 11.5 Å². The SMILES string of the molecule is CC(C)NC(=O)CN(C)c1cc(N)ccn1. The first-order valence-corrected chi connectivity index (χ1v) is 5.21. The minimum absolute atomic E-state index is 0.0262. The lowest BCUT2D eigenvalue weighted by Crippen LogP contribution is -2.38. The Balaban J connectivity index is 2.58. The van der Waals surface area contributed by atoms with Gasteiger partial charge in [0.05, 0.1) is 6.54 Å². The molecule has 1 aromatic heterocycles. The first kappa shape index (κ1) is 12.3.